The molecular weight excluding hydrogens is 280 g/mol. The van der Waals surface area contributed by atoms with Crippen molar-refractivity contribution >= 4 is 29.2 Å². The molecule has 0 N–H and O–H groups in total. The molecule has 0 aliphatic heterocycles. The quantitative estimate of drug-likeness (QED) is 0.858. The molecule has 1 rings (SSSR count). The summed E-state index contributed by atoms with van der Waals surface area (Å²) in [7, 11) is 0. The van der Waals surface area contributed by atoms with E-state index in [1.54, 1.807) is 13.8 Å². The average Bonchev–Trinajstić information content (AvgIpc) is 2.10. The van der Waals surface area contributed by atoms with E-state index in [0.717, 1.165) is 4.90 Å². The van der Waals surface area contributed by atoms with Gasteiger partial charge in [0.05, 0.1) is 0 Å². The first-order valence-electron chi connectivity index (χ1n) is 4.59. The molecule has 0 fully saturated rings. The van der Waals surface area contributed by atoms with E-state index in [9.17, 15) is 13.2 Å². The van der Waals surface area contributed by atoms with Crippen LogP contribution in [0, 0.1) is 0 Å². The summed E-state index contributed by atoms with van der Waals surface area (Å²) in [6.07, 6.45) is -4.37. The minimum atomic E-state index is -4.37. The summed E-state index contributed by atoms with van der Waals surface area (Å²) in [5.74, 6) is -0.192. The first-order valence-corrected chi connectivity index (χ1v) is 5.35. The van der Waals surface area contributed by atoms with Gasteiger partial charge in [-0.3, -0.25) is 0 Å². The first kappa shape index (κ1) is 14.2. The molecule has 1 heterocycles. The lowest BCUT2D eigenvalue weighted by atomic mass is 10.3. The molecule has 9 heteroatoms. The number of hydrogen-bond acceptors (Lipinski definition) is 4. The van der Waals surface area contributed by atoms with E-state index in [1.165, 1.54) is 0 Å². The first-order chi connectivity index (χ1) is 7.69. The number of aromatic nitrogens is 3. The van der Waals surface area contributed by atoms with E-state index in [-0.39, 0.29) is 16.5 Å². The molecule has 0 aliphatic rings. The Hall–Kier alpha value is -0.820. The van der Waals surface area contributed by atoms with Crippen LogP contribution in [0.25, 0.3) is 0 Å². The number of nitrogens with zero attached hydrogens (tertiary/aromatic N) is 4. The van der Waals surface area contributed by atoms with Gasteiger partial charge in [0, 0.05) is 6.04 Å². The van der Waals surface area contributed by atoms with Gasteiger partial charge in [-0.2, -0.15) is 28.1 Å². The zero-order valence-corrected chi connectivity index (χ0v) is 10.5. The third-order valence-corrected chi connectivity index (χ3v) is 2.14. The van der Waals surface area contributed by atoms with E-state index in [2.05, 4.69) is 15.0 Å². The van der Waals surface area contributed by atoms with Crippen molar-refractivity contribution < 1.29 is 13.2 Å². The summed E-state index contributed by atoms with van der Waals surface area (Å²) in [4.78, 5) is 11.7. The smallest absolute Gasteiger partial charge is 0.329 e. The average molecular weight is 289 g/mol. The number of halogens is 5. The van der Waals surface area contributed by atoms with Crippen molar-refractivity contribution in [1.29, 1.82) is 0 Å². The summed E-state index contributed by atoms with van der Waals surface area (Å²) in [6.45, 7) is 1.98. The maximum atomic E-state index is 12.4. The number of rotatable bonds is 3. The minimum absolute atomic E-state index is 0.192. The fraction of sp³-hybridized carbons (Fsp3) is 0.625. The van der Waals surface area contributed by atoms with Crippen LogP contribution in [0.5, 0.6) is 0 Å². The van der Waals surface area contributed by atoms with E-state index >= 15 is 0 Å². The molecule has 0 aliphatic carbocycles. The van der Waals surface area contributed by atoms with Gasteiger partial charge in [-0.05, 0) is 37.0 Å². The molecule has 1 aromatic heterocycles. The second-order valence-electron chi connectivity index (χ2n) is 3.51. The summed E-state index contributed by atoms with van der Waals surface area (Å²) in [5.41, 5.74) is 0. The van der Waals surface area contributed by atoms with Gasteiger partial charge in [0.2, 0.25) is 16.5 Å². The fourth-order valence-corrected chi connectivity index (χ4v) is 1.48. The Labute approximate surface area is 106 Å². The molecule has 0 radical (unpaired) electrons. The Bertz CT molecular complexity index is 377. The number of anilines is 1. The summed E-state index contributed by atoms with van der Waals surface area (Å²) in [6, 6.07) is -0.453. The Morgan fingerprint density at radius 2 is 1.59 bits per heavy atom. The van der Waals surface area contributed by atoms with Crippen LogP contribution >= 0.6 is 23.2 Å². The van der Waals surface area contributed by atoms with Gasteiger partial charge in [-0.25, -0.2) is 0 Å². The van der Waals surface area contributed by atoms with Gasteiger partial charge in [-0.15, -0.1) is 0 Å². The molecule has 0 bridgehead atoms. The van der Waals surface area contributed by atoms with Gasteiger partial charge in [0.15, 0.2) is 0 Å². The Kier molecular flexibility index (Phi) is 4.37. The van der Waals surface area contributed by atoms with Crippen molar-refractivity contribution in [3.8, 4) is 0 Å². The van der Waals surface area contributed by atoms with Crippen LogP contribution in [0.3, 0.4) is 0 Å². The monoisotopic (exact) mass is 288 g/mol. The predicted octanol–water partition coefficient (Wildman–Crippen LogP) is 2.96. The van der Waals surface area contributed by atoms with E-state index in [4.69, 9.17) is 23.2 Å². The molecule has 0 aromatic carbocycles. The van der Waals surface area contributed by atoms with Gasteiger partial charge in [0.1, 0.15) is 6.54 Å². The predicted molar refractivity (Wildman–Crippen MR) is 58.4 cm³/mol. The SMILES string of the molecule is CC(C)N(CC(F)(F)F)c1nc(Cl)nc(Cl)n1. The number of alkyl halides is 3. The second-order valence-corrected chi connectivity index (χ2v) is 4.19. The van der Waals surface area contributed by atoms with E-state index in [0.29, 0.717) is 0 Å². The van der Waals surface area contributed by atoms with Gasteiger partial charge < -0.3 is 4.90 Å². The lowest BCUT2D eigenvalue weighted by Gasteiger charge is -2.27. The second kappa shape index (κ2) is 5.22. The van der Waals surface area contributed by atoms with Crippen molar-refractivity contribution in [2.45, 2.75) is 26.1 Å². The van der Waals surface area contributed by atoms with Crippen molar-refractivity contribution in [2.24, 2.45) is 0 Å². The van der Waals surface area contributed by atoms with Gasteiger partial charge in [0.25, 0.3) is 0 Å². The van der Waals surface area contributed by atoms with E-state index < -0.39 is 18.8 Å². The highest BCUT2D eigenvalue weighted by Gasteiger charge is 2.33. The minimum Gasteiger partial charge on any atom is -0.329 e. The molecule has 0 amide bonds. The normalized spacial score (nSPS) is 12.0. The van der Waals surface area contributed by atoms with Gasteiger partial charge >= 0.3 is 6.18 Å². The molecule has 0 spiro atoms. The highest BCUT2D eigenvalue weighted by atomic mass is 35.5. The van der Waals surface area contributed by atoms with Crippen molar-refractivity contribution in [1.82, 2.24) is 15.0 Å². The standard InChI is InChI=1S/C8H9Cl2F3N4/c1-4(2)17(3-8(11,12)13)7-15-5(9)14-6(10)16-7/h4H,3H2,1-2H3. The fourth-order valence-electron chi connectivity index (χ4n) is 1.12. The highest BCUT2D eigenvalue weighted by Crippen LogP contribution is 2.22. The molecular formula is C8H9Cl2F3N4. The molecule has 96 valence electrons. The van der Waals surface area contributed by atoms with Crippen LogP contribution in [0.4, 0.5) is 19.1 Å². The maximum absolute atomic E-state index is 12.4. The lowest BCUT2D eigenvalue weighted by molar-refractivity contribution is -0.120. The molecule has 0 saturated carbocycles. The molecule has 1 aromatic rings. The summed E-state index contributed by atoms with van der Waals surface area (Å²) in [5, 5.41) is -0.486. The van der Waals surface area contributed by atoms with Crippen molar-refractivity contribution in [3.05, 3.63) is 10.6 Å². The molecule has 0 saturated heterocycles. The zero-order valence-electron chi connectivity index (χ0n) is 8.96. The zero-order chi connectivity index (χ0) is 13.2. The number of hydrogen-bond donors (Lipinski definition) is 0. The van der Waals surface area contributed by atoms with Crippen molar-refractivity contribution in [2.75, 3.05) is 11.4 Å². The van der Waals surface area contributed by atoms with Crippen LogP contribution in [0.15, 0.2) is 0 Å². The lowest BCUT2D eigenvalue weighted by Crippen LogP contribution is -2.40. The largest absolute Gasteiger partial charge is 0.406 e. The van der Waals surface area contributed by atoms with Crippen LogP contribution in [-0.2, 0) is 0 Å². The molecule has 4 nitrogen and oxygen atoms in total. The van der Waals surface area contributed by atoms with Crippen LogP contribution < -0.4 is 4.90 Å². The van der Waals surface area contributed by atoms with Crippen LogP contribution in [0.1, 0.15) is 13.8 Å². The Morgan fingerprint density at radius 3 is 1.94 bits per heavy atom. The van der Waals surface area contributed by atoms with Gasteiger partial charge in [-0.1, -0.05) is 0 Å². The third kappa shape index (κ3) is 4.51. The topological polar surface area (TPSA) is 41.9 Å². The summed E-state index contributed by atoms with van der Waals surface area (Å²) >= 11 is 11.0. The Balaban J connectivity index is 3.05. The van der Waals surface area contributed by atoms with Crippen LogP contribution in [0.2, 0.25) is 10.6 Å². The van der Waals surface area contributed by atoms with Crippen LogP contribution in [-0.4, -0.2) is 33.7 Å². The summed E-state index contributed by atoms with van der Waals surface area (Å²) < 4.78 is 37.1. The molecule has 17 heavy (non-hydrogen) atoms. The highest BCUT2D eigenvalue weighted by molar-refractivity contribution is 6.31. The maximum Gasteiger partial charge on any atom is 0.406 e. The Morgan fingerprint density at radius 1 is 1.12 bits per heavy atom. The third-order valence-electron chi connectivity index (χ3n) is 1.80. The van der Waals surface area contributed by atoms with E-state index in [1.807, 2.05) is 0 Å². The molecule has 0 atom stereocenters. The molecule has 0 unspecified atom stereocenters. The van der Waals surface area contributed by atoms with Crippen molar-refractivity contribution in [3.63, 3.8) is 0 Å².